The van der Waals surface area contributed by atoms with Crippen LogP contribution in [0, 0.1) is 5.92 Å². The topological polar surface area (TPSA) is 65.2 Å². The van der Waals surface area contributed by atoms with Crippen LogP contribution in [0.25, 0.3) is 0 Å². The van der Waals surface area contributed by atoms with Crippen molar-refractivity contribution in [3.63, 3.8) is 0 Å². The Morgan fingerprint density at radius 1 is 1.23 bits per heavy atom. The maximum atomic E-state index is 11.9. The molecule has 1 atom stereocenters. The highest BCUT2D eigenvalue weighted by atomic mass is 32.1. The second-order valence-corrected chi connectivity index (χ2v) is 8.31. The fourth-order valence-electron chi connectivity index (χ4n) is 3.47. The van der Waals surface area contributed by atoms with Gasteiger partial charge in [-0.25, -0.2) is 4.98 Å². The lowest BCUT2D eigenvalue weighted by Crippen LogP contribution is -2.13. The zero-order valence-electron chi connectivity index (χ0n) is 15.2. The first-order chi connectivity index (χ1) is 12.7. The molecule has 0 amide bonds. The summed E-state index contributed by atoms with van der Waals surface area (Å²) in [7, 11) is 0. The zero-order chi connectivity index (χ0) is 18.2. The highest BCUT2D eigenvalue weighted by molar-refractivity contribution is 7.11. The van der Waals surface area contributed by atoms with E-state index in [9.17, 15) is 4.79 Å². The maximum Gasteiger partial charge on any atom is 0.306 e. The van der Waals surface area contributed by atoms with E-state index in [-0.39, 0.29) is 12.0 Å². The van der Waals surface area contributed by atoms with Crippen molar-refractivity contribution in [3.8, 4) is 0 Å². The second-order valence-electron chi connectivity index (χ2n) is 7.16. The fourth-order valence-corrected chi connectivity index (χ4v) is 4.54. The molecule has 2 aromatic rings. The van der Waals surface area contributed by atoms with Gasteiger partial charge in [0.25, 0.3) is 0 Å². The molecule has 2 N–H and O–H groups in total. The number of hydrogen-bond acceptors (Lipinski definition) is 5. The van der Waals surface area contributed by atoms with Gasteiger partial charge in [-0.15, -0.1) is 11.3 Å². The number of nitrogens with zero attached hydrogens (tertiary/aromatic N) is 1. The Bertz CT molecular complexity index is 680. The van der Waals surface area contributed by atoms with Gasteiger partial charge in [0, 0.05) is 17.5 Å². The van der Waals surface area contributed by atoms with E-state index < -0.39 is 0 Å². The molecule has 0 saturated heterocycles. The monoisotopic (exact) mass is 372 g/mol. The highest BCUT2D eigenvalue weighted by Gasteiger charge is 2.18. The molecule has 1 aliphatic rings. The maximum absolute atomic E-state index is 11.9. The number of nitrogens with two attached hydrogens (primary N) is 1. The van der Waals surface area contributed by atoms with E-state index in [2.05, 4.69) is 4.98 Å². The van der Waals surface area contributed by atoms with Gasteiger partial charge in [-0.3, -0.25) is 4.79 Å². The van der Waals surface area contributed by atoms with Gasteiger partial charge in [-0.05, 0) is 24.3 Å². The number of thiazole rings is 1. The summed E-state index contributed by atoms with van der Waals surface area (Å²) in [5.74, 6) is 0.601. The normalized spacial score (nSPS) is 16.3. The number of aromatic nitrogens is 1. The van der Waals surface area contributed by atoms with Crippen LogP contribution in [0.2, 0.25) is 0 Å². The smallest absolute Gasteiger partial charge is 0.306 e. The number of carbonyl (C=O) groups is 1. The minimum atomic E-state index is -0.205. The third-order valence-electron chi connectivity index (χ3n) is 5.01. The molecule has 1 aromatic heterocycles. The largest absolute Gasteiger partial charge is 0.461 e. The van der Waals surface area contributed by atoms with Crippen molar-refractivity contribution in [2.75, 3.05) is 0 Å². The molecule has 1 saturated carbocycles. The molecule has 4 nitrogen and oxygen atoms in total. The molecule has 5 heteroatoms. The molecule has 26 heavy (non-hydrogen) atoms. The van der Waals surface area contributed by atoms with Gasteiger partial charge in [0.05, 0.1) is 6.04 Å². The standard InChI is InChI=1S/C21H28N2O2S/c22-19(11-12-20(24)25-15-17-9-5-2-6-10-17)21-23-14-18(26-21)13-16-7-3-1-4-8-16/h2,5-6,9-10,14,16,19H,1,3-4,7-8,11-13,15,22H2/t19-/m0/s1. The predicted octanol–water partition coefficient (Wildman–Crippen LogP) is 4.79. The van der Waals surface area contributed by atoms with Crippen molar-refractivity contribution in [1.82, 2.24) is 4.98 Å². The van der Waals surface area contributed by atoms with E-state index in [0.29, 0.717) is 19.4 Å². The number of rotatable bonds is 8. The van der Waals surface area contributed by atoms with Crippen LogP contribution in [0.5, 0.6) is 0 Å². The van der Waals surface area contributed by atoms with Gasteiger partial charge in [0.2, 0.25) is 0 Å². The van der Waals surface area contributed by atoms with Crippen LogP contribution in [0.3, 0.4) is 0 Å². The summed E-state index contributed by atoms with van der Waals surface area (Å²) < 4.78 is 5.31. The van der Waals surface area contributed by atoms with Gasteiger partial charge in [0.15, 0.2) is 0 Å². The highest BCUT2D eigenvalue weighted by Crippen LogP contribution is 2.30. The van der Waals surface area contributed by atoms with Crippen LogP contribution < -0.4 is 5.73 Å². The molecular formula is C21H28N2O2S. The Balaban J connectivity index is 1.40. The lowest BCUT2D eigenvalue weighted by molar-refractivity contribution is -0.145. The molecule has 140 valence electrons. The predicted molar refractivity (Wildman–Crippen MR) is 105 cm³/mol. The molecule has 0 bridgehead atoms. The molecule has 3 rings (SSSR count). The first-order valence-corrected chi connectivity index (χ1v) is 10.4. The quantitative estimate of drug-likeness (QED) is 0.677. The van der Waals surface area contributed by atoms with Crippen molar-refractivity contribution < 1.29 is 9.53 Å². The van der Waals surface area contributed by atoms with Crippen LogP contribution in [0.4, 0.5) is 0 Å². The van der Waals surface area contributed by atoms with Gasteiger partial charge < -0.3 is 10.5 Å². The molecule has 1 aliphatic carbocycles. The first-order valence-electron chi connectivity index (χ1n) is 9.60. The van der Waals surface area contributed by atoms with E-state index in [4.69, 9.17) is 10.5 Å². The van der Waals surface area contributed by atoms with E-state index in [1.165, 1.54) is 37.0 Å². The summed E-state index contributed by atoms with van der Waals surface area (Å²) in [5, 5.41) is 0.937. The molecule has 1 fully saturated rings. The molecular weight excluding hydrogens is 344 g/mol. The van der Waals surface area contributed by atoms with Gasteiger partial charge >= 0.3 is 5.97 Å². The summed E-state index contributed by atoms with van der Waals surface area (Å²) in [6.07, 6.45) is 10.8. The Hall–Kier alpha value is -1.72. The summed E-state index contributed by atoms with van der Waals surface area (Å²) in [5.41, 5.74) is 7.23. The Labute approximate surface area is 159 Å². The summed E-state index contributed by atoms with van der Waals surface area (Å²) in [4.78, 5) is 17.7. The van der Waals surface area contributed by atoms with Gasteiger partial charge in [-0.2, -0.15) is 0 Å². The van der Waals surface area contributed by atoms with Gasteiger partial charge in [-0.1, -0.05) is 62.4 Å². The minimum Gasteiger partial charge on any atom is -0.461 e. The first kappa shape index (κ1) is 19.1. The molecule has 0 aliphatic heterocycles. The average Bonchev–Trinajstić information content (AvgIpc) is 3.14. The lowest BCUT2D eigenvalue weighted by atomic mass is 9.87. The number of carbonyl (C=O) groups excluding carboxylic acids is 1. The van der Waals surface area contributed by atoms with Crippen LogP contribution in [0.1, 0.15) is 66.4 Å². The van der Waals surface area contributed by atoms with Crippen LogP contribution >= 0.6 is 11.3 Å². The van der Waals surface area contributed by atoms with Gasteiger partial charge in [0.1, 0.15) is 11.6 Å². The van der Waals surface area contributed by atoms with Crippen LogP contribution in [-0.2, 0) is 22.6 Å². The van der Waals surface area contributed by atoms with E-state index in [1.54, 1.807) is 11.3 Å². The van der Waals surface area contributed by atoms with Crippen molar-refractivity contribution >= 4 is 17.3 Å². The summed E-state index contributed by atoms with van der Waals surface area (Å²) in [6.45, 7) is 0.317. The van der Waals surface area contributed by atoms with Crippen LogP contribution in [-0.4, -0.2) is 11.0 Å². The third kappa shape index (κ3) is 5.92. The molecule has 0 unspecified atom stereocenters. The van der Waals surface area contributed by atoms with Crippen molar-refractivity contribution in [2.45, 2.75) is 64.0 Å². The molecule has 0 spiro atoms. The van der Waals surface area contributed by atoms with E-state index in [0.717, 1.165) is 22.9 Å². The number of benzene rings is 1. The summed E-state index contributed by atoms with van der Waals surface area (Å²) in [6, 6.07) is 9.52. The molecule has 1 heterocycles. The minimum absolute atomic E-state index is 0.190. The number of hydrogen-bond donors (Lipinski definition) is 1. The van der Waals surface area contributed by atoms with E-state index >= 15 is 0 Å². The third-order valence-corrected chi connectivity index (χ3v) is 6.16. The Morgan fingerprint density at radius 2 is 2.00 bits per heavy atom. The average molecular weight is 373 g/mol. The van der Waals surface area contributed by atoms with Crippen LogP contribution in [0.15, 0.2) is 36.5 Å². The molecule has 1 aromatic carbocycles. The SMILES string of the molecule is N[C@@H](CCC(=O)OCc1ccccc1)c1ncc(CC2CCCCC2)s1. The van der Waals surface area contributed by atoms with Crippen molar-refractivity contribution in [3.05, 3.63) is 52.0 Å². The Kier molecular flexibility index (Phi) is 7.21. The molecule has 0 radical (unpaired) electrons. The Morgan fingerprint density at radius 3 is 2.77 bits per heavy atom. The second kappa shape index (κ2) is 9.83. The van der Waals surface area contributed by atoms with Crippen molar-refractivity contribution in [1.29, 1.82) is 0 Å². The lowest BCUT2D eigenvalue weighted by Gasteiger charge is -2.20. The zero-order valence-corrected chi connectivity index (χ0v) is 16.0. The fraction of sp³-hybridized carbons (Fsp3) is 0.524. The number of esters is 1. The van der Waals surface area contributed by atoms with Crippen molar-refractivity contribution in [2.24, 2.45) is 11.7 Å². The number of ether oxygens (including phenoxy) is 1. The summed E-state index contributed by atoms with van der Waals surface area (Å²) >= 11 is 1.71. The van der Waals surface area contributed by atoms with E-state index in [1.807, 2.05) is 36.5 Å².